The fourth-order valence-corrected chi connectivity index (χ4v) is 1.91. The van der Waals surface area contributed by atoms with Crippen LogP contribution < -0.4 is 11.1 Å². The molecule has 1 aliphatic rings. The van der Waals surface area contributed by atoms with Crippen LogP contribution in [-0.2, 0) is 4.74 Å². The van der Waals surface area contributed by atoms with Gasteiger partial charge in [-0.3, -0.25) is 4.79 Å². The van der Waals surface area contributed by atoms with Gasteiger partial charge in [0.2, 0.25) is 0 Å². The molecule has 1 aliphatic heterocycles. The van der Waals surface area contributed by atoms with Crippen LogP contribution in [0.1, 0.15) is 23.7 Å². The fourth-order valence-electron chi connectivity index (χ4n) is 1.91. The van der Waals surface area contributed by atoms with E-state index in [1.807, 2.05) is 6.92 Å². The normalized spacial score (nSPS) is 23.1. The van der Waals surface area contributed by atoms with Crippen LogP contribution in [0.2, 0.25) is 0 Å². The second kappa shape index (κ2) is 4.89. The maximum absolute atomic E-state index is 13.5. The number of halogens is 2. The zero-order valence-corrected chi connectivity index (χ0v) is 9.87. The van der Waals surface area contributed by atoms with Crippen LogP contribution in [0, 0.1) is 11.6 Å². The van der Waals surface area contributed by atoms with Gasteiger partial charge in [0.25, 0.3) is 5.91 Å². The van der Waals surface area contributed by atoms with Crippen molar-refractivity contribution in [2.24, 2.45) is 0 Å². The average Bonchev–Trinajstić information content (AvgIpc) is 2.69. The van der Waals surface area contributed by atoms with Gasteiger partial charge in [0.1, 0.15) is 11.6 Å². The first-order valence-corrected chi connectivity index (χ1v) is 5.66. The van der Waals surface area contributed by atoms with Crippen molar-refractivity contribution in [1.29, 1.82) is 0 Å². The topological polar surface area (TPSA) is 64.3 Å². The molecule has 0 saturated carbocycles. The quantitative estimate of drug-likeness (QED) is 0.787. The van der Waals surface area contributed by atoms with Gasteiger partial charge >= 0.3 is 0 Å². The van der Waals surface area contributed by atoms with Crippen LogP contribution in [0.4, 0.5) is 14.5 Å². The Morgan fingerprint density at radius 1 is 1.44 bits per heavy atom. The van der Waals surface area contributed by atoms with E-state index < -0.39 is 17.5 Å². The van der Waals surface area contributed by atoms with Crippen molar-refractivity contribution in [1.82, 2.24) is 5.32 Å². The zero-order valence-electron chi connectivity index (χ0n) is 9.87. The largest absolute Gasteiger partial charge is 0.396 e. The molecule has 1 heterocycles. The second-order valence-electron chi connectivity index (χ2n) is 4.30. The van der Waals surface area contributed by atoms with Gasteiger partial charge in [0.15, 0.2) is 0 Å². The molecule has 1 saturated heterocycles. The van der Waals surface area contributed by atoms with Gasteiger partial charge in [-0.15, -0.1) is 0 Å². The maximum atomic E-state index is 13.5. The number of hydrogen-bond donors (Lipinski definition) is 2. The molecule has 2 atom stereocenters. The Morgan fingerprint density at radius 3 is 2.78 bits per heavy atom. The smallest absolute Gasteiger partial charge is 0.254 e. The zero-order chi connectivity index (χ0) is 13.3. The molecule has 1 fully saturated rings. The summed E-state index contributed by atoms with van der Waals surface area (Å²) in [6.45, 7) is 2.38. The lowest BCUT2D eigenvalue weighted by Crippen LogP contribution is -2.39. The van der Waals surface area contributed by atoms with Gasteiger partial charge in [-0.25, -0.2) is 8.78 Å². The predicted molar refractivity (Wildman–Crippen MR) is 62.1 cm³/mol. The number of amides is 1. The Bertz CT molecular complexity index is 479. The Labute approximate surface area is 103 Å². The summed E-state index contributed by atoms with van der Waals surface area (Å²) in [5, 5.41) is 2.65. The van der Waals surface area contributed by atoms with Crippen molar-refractivity contribution in [2.45, 2.75) is 25.5 Å². The maximum Gasteiger partial charge on any atom is 0.254 e. The molecule has 1 aromatic rings. The van der Waals surface area contributed by atoms with Crippen molar-refractivity contribution < 1.29 is 18.3 Å². The molecule has 0 spiro atoms. The summed E-state index contributed by atoms with van der Waals surface area (Å²) in [7, 11) is 0. The highest BCUT2D eigenvalue weighted by molar-refractivity contribution is 5.95. The molecular weight excluding hydrogens is 242 g/mol. The lowest BCUT2D eigenvalue weighted by Gasteiger charge is -2.16. The first-order chi connectivity index (χ1) is 8.49. The van der Waals surface area contributed by atoms with Gasteiger partial charge in [0, 0.05) is 12.7 Å². The van der Waals surface area contributed by atoms with Crippen molar-refractivity contribution in [3.05, 3.63) is 29.3 Å². The molecule has 0 aliphatic carbocycles. The van der Waals surface area contributed by atoms with E-state index in [-0.39, 0.29) is 23.4 Å². The summed E-state index contributed by atoms with van der Waals surface area (Å²) in [5.74, 6) is -2.41. The van der Waals surface area contributed by atoms with E-state index in [0.717, 1.165) is 6.07 Å². The molecule has 1 aromatic carbocycles. The van der Waals surface area contributed by atoms with E-state index in [4.69, 9.17) is 10.5 Å². The van der Waals surface area contributed by atoms with E-state index in [0.29, 0.717) is 19.1 Å². The highest BCUT2D eigenvalue weighted by Gasteiger charge is 2.27. The molecule has 0 bridgehead atoms. The van der Waals surface area contributed by atoms with Crippen molar-refractivity contribution >= 4 is 11.6 Å². The number of anilines is 1. The average molecular weight is 256 g/mol. The van der Waals surface area contributed by atoms with Crippen molar-refractivity contribution in [3.63, 3.8) is 0 Å². The van der Waals surface area contributed by atoms with Gasteiger partial charge in [0.05, 0.1) is 23.4 Å². The Morgan fingerprint density at radius 2 is 2.17 bits per heavy atom. The molecule has 0 aromatic heterocycles. The Balaban J connectivity index is 2.16. The minimum Gasteiger partial charge on any atom is -0.396 e. The summed E-state index contributed by atoms with van der Waals surface area (Å²) >= 11 is 0. The van der Waals surface area contributed by atoms with Crippen LogP contribution in [0.15, 0.2) is 12.1 Å². The number of carbonyl (C=O) groups excluding carboxylic acids is 1. The van der Waals surface area contributed by atoms with Crippen LogP contribution >= 0.6 is 0 Å². The van der Waals surface area contributed by atoms with Crippen molar-refractivity contribution in [3.8, 4) is 0 Å². The number of rotatable bonds is 2. The van der Waals surface area contributed by atoms with Crippen molar-refractivity contribution in [2.75, 3.05) is 12.3 Å². The molecule has 3 N–H and O–H groups in total. The minimum atomic E-state index is -0.925. The van der Waals surface area contributed by atoms with Crippen LogP contribution in [0.5, 0.6) is 0 Å². The standard InChI is InChI=1S/C12H14F2N2O2/c1-6-11(2-3-18-6)16-12(17)7-4-10(15)9(14)5-8(7)13/h4-6,11H,2-3,15H2,1H3,(H,16,17). The summed E-state index contributed by atoms with van der Waals surface area (Å²) in [4.78, 5) is 11.8. The number of nitrogens with one attached hydrogen (secondary N) is 1. The SMILES string of the molecule is CC1OCCC1NC(=O)c1cc(N)c(F)cc1F. The van der Waals surface area contributed by atoms with Gasteiger partial charge in [-0.1, -0.05) is 0 Å². The summed E-state index contributed by atoms with van der Waals surface area (Å²) in [5.41, 5.74) is 4.81. The molecule has 4 nitrogen and oxygen atoms in total. The van der Waals surface area contributed by atoms with E-state index in [9.17, 15) is 13.6 Å². The predicted octanol–water partition coefficient (Wildman–Crippen LogP) is 1.45. The number of carbonyl (C=O) groups is 1. The second-order valence-corrected chi connectivity index (χ2v) is 4.30. The van der Waals surface area contributed by atoms with Gasteiger partial charge in [-0.05, 0) is 19.4 Å². The molecule has 2 unspecified atom stereocenters. The Hall–Kier alpha value is -1.69. The molecule has 0 radical (unpaired) electrons. The fraction of sp³-hybridized carbons (Fsp3) is 0.417. The number of ether oxygens (including phenoxy) is 1. The first kappa shape index (κ1) is 12.8. The monoisotopic (exact) mass is 256 g/mol. The molecule has 98 valence electrons. The third-order valence-corrected chi connectivity index (χ3v) is 3.02. The van der Waals surface area contributed by atoms with Gasteiger partial charge in [-0.2, -0.15) is 0 Å². The third kappa shape index (κ3) is 2.43. The minimum absolute atomic E-state index is 0.116. The molecule has 18 heavy (non-hydrogen) atoms. The number of hydrogen-bond acceptors (Lipinski definition) is 3. The first-order valence-electron chi connectivity index (χ1n) is 5.66. The highest BCUT2D eigenvalue weighted by atomic mass is 19.1. The van der Waals surface area contributed by atoms with E-state index in [1.165, 1.54) is 0 Å². The molecule has 1 amide bonds. The molecular formula is C12H14F2N2O2. The van der Waals surface area contributed by atoms with Crippen LogP contribution in [-0.4, -0.2) is 24.7 Å². The third-order valence-electron chi connectivity index (χ3n) is 3.02. The number of nitrogen functional groups attached to an aromatic ring is 1. The van der Waals surface area contributed by atoms with Crippen LogP contribution in [0.25, 0.3) is 0 Å². The van der Waals surface area contributed by atoms with E-state index in [2.05, 4.69) is 5.32 Å². The summed E-state index contributed by atoms with van der Waals surface area (Å²) < 4.78 is 31.7. The highest BCUT2D eigenvalue weighted by Crippen LogP contribution is 2.18. The van der Waals surface area contributed by atoms with E-state index in [1.54, 1.807) is 0 Å². The lowest BCUT2D eigenvalue weighted by atomic mass is 10.1. The summed E-state index contributed by atoms with van der Waals surface area (Å²) in [6, 6.07) is 1.45. The Kier molecular flexibility index (Phi) is 3.47. The van der Waals surface area contributed by atoms with E-state index >= 15 is 0 Å². The molecule has 6 heteroatoms. The number of benzene rings is 1. The van der Waals surface area contributed by atoms with Crippen LogP contribution in [0.3, 0.4) is 0 Å². The van der Waals surface area contributed by atoms with Gasteiger partial charge < -0.3 is 15.8 Å². The number of nitrogens with two attached hydrogens (primary N) is 1. The summed E-state index contributed by atoms with van der Waals surface area (Å²) in [6.07, 6.45) is 0.556. The lowest BCUT2D eigenvalue weighted by molar-refractivity contribution is 0.0862. The molecule has 2 rings (SSSR count).